The molecule has 0 bridgehead atoms. The summed E-state index contributed by atoms with van der Waals surface area (Å²) in [6.45, 7) is 8.16. The lowest BCUT2D eigenvalue weighted by atomic mass is 10.0. The van der Waals surface area contributed by atoms with Crippen LogP contribution in [0.5, 0.6) is 0 Å². The Hall–Kier alpha value is -2.28. The minimum Gasteiger partial charge on any atom is -0.444 e. The van der Waals surface area contributed by atoms with Crippen LogP contribution in [0, 0.1) is 5.92 Å². The zero-order chi connectivity index (χ0) is 20.3. The average molecular weight is 389 g/mol. The number of hydrogen-bond donors (Lipinski definition) is 2. The van der Waals surface area contributed by atoms with Gasteiger partial charge >= 0.3 is 6.09 Å². The van der Waals surface area contributed by atoms with Crippen LogP contribution in [0.1, 0.15) is 40.0 Å². The van der Waals surface area contributed by atoms with E-state index in [0.29, 0.717) is 32.6 Å². The van der Waals surface area contributed by atoms with E-state index in [1.54, 1.807) is 4.90 Å². The van der Waals surface area contributed by atoms with Crippen LogP contribution in [0.25, 0.3) is 0 Å². The predicted molar refractivity (Wildman–Crippen MR) is 110 cm³/mol. The van der Waals surface area contributed by atoms with Crippen LogP contribution in [-0.2, 0) is 9.53 Å². The minimum atomic E-state index is -0.477. The number of amides is 2. The van der Waals surface area contributed by atoms with E-state index in [-0.39, 0.29) is 24.0 Å². The summed E-state index contributed by atoms with van der Waals surface area (Å²) in [4.78, 5) is 28.2. The predicted octanol–water partition coefficient (Wildman–Crippen LogP) is 2.81. The van der Waals surface area contributed by atoms with Crippen LogP contribution in [-0.4, -0.2) is 54.7 Å². The second-order valence-electron chi connectivity index (χ2n) is 8.71. The Morgan fingerprint density at radius 2 is 1.93 bits per heavy atom. The van der Waals surface area contributed by atoms with Crippen molar-refractivity contribution in [2.45, 2.75) is 51.7 Å². The van der Waals surface area contributed by atoms with E-state index in [1.807, 2.05) is 49.9 Å². The van der Waals surface area contributed by atoms with Gasteiger partial charge in [-0.25, -0.2) is 4.79 Å². The highest BCUT2D eigenvalue weighted by Crippen LogP contribution is 2.32. The van der Waals surface area contributed by atoms with Crippen LogP contribution in [0.4, 0.5) is 16.2 Å². The fraction of sp³-hybridized carbons (Fsp3) is 0.619. The maximum atomic E-state index is 12.4. The minimum absolute atomic E-state index is 0.129. The first-order chi connectivity index (χ1) is 13.3. The Morgan fingerprint density at radius 1 is 1.25 bits per heavy atom. The maximum absolute atomic E-state index is 12.4. The third-order valence-corrected chi connectivity index (χ3v) is 5.24. The van der Waals surface area contributed by atoms with Crippen molar-refractivity contribution in [3.63, 3.8) is 0 Å². The summed E-state index contributed by atoms with van der Waals surface area (Å²) in [6, 6.07) is 8.17. The maximum Gasteiger partial charge on any atom is 0.410 e. The Kier molecular flexibility index (Phi) is 6.13. The third-order valence-electron chi connectivity index (χ3n) is 5.24. The average Bonchev–Trinajstić information content (AvgIpc) is 3.02. The monoisotopic (exact) mass is 388 g/mol. The van der Waals surface area contributed by atoms with E-state index in [0.717, 1.165) is 24.2 Å². The number of benzene rings is 1. The number of nitrogens with two attached hydrogens (primary N) is 1. The van der Waals surface area contributed by atoms with Crippen LogP contribution in [0.2, 0.25) is 0 Å². The molecule has 1 aromatic carbocycles. The summed E-state index contributed by atoms with van der Waals surface area (Å²) in [5.74, 6) is 0.349. The molecule has 2 aliphatic rings. The second-order valence-corrected chi connectivity index (χ2v) is 8.71. The van der Waals surface area contributed by atoms with Gasteiger partial charge in [-0.05, 0) is 58.2 Å². The number of anilines is 2. The molecule has 1 aromatic rings. The Labute approximate surface area is 167 Å². The number of piperidine rings is 1. The van der Waals surface area contributed by atoms with Gasteiger partial charge in [0, 0.05) is 32.1 Å². The molecule has 3 rings (SSSR count). The van der Waals surface area contributed by atoms with E-state index < -0.39 is 5.60 Å². The van der Waals surface area contributed by atoms with Crippen LogP contribution >= 0.6 is 0 Å². The first-order valence-corrected chi connectivity index (χ1v) is 10.1. The largest absolute Gasteiger partial charge is 0.444 e. The van der Waals surface area contributed by atoms with Gasteiger partial charge in [0.25, 0.3) is 0 Å². The molecule has 2 aliphatic heterocycles. The molecule has 7 nitrogen and oxygen atoms in total. The third kappa shape index (κ3) is 4.95. The highest BCUT2D eigenvalue weighted by Gasteiger charge is 2.32. The molecule has 2 heterocycles. The number of rotatable bonds is 4. The van der Waals surface area contributed by atoms with Gasteiger partial charge in [-0.15, -0.1) is 0 Å². The lowest BCUT2D eigenvalue weighted by Crippen LogP contribution is -2.44. The van der Waals surface area contributed by atoms with Gasteiger partial charge in [0.1, 0.15) is 5.60 Å². The van der Waals surface area contributed by atoms with Gasteiger partial charge in [-0.1, -0.05) is 12.1 Å². The molecular weight excluding hydrogens is 356 g/mol. The van der Waals surface area contributed by atoms with Crippen LogP contribution < -0.4 is 16.0 Å². The molecule has 154 valence electrons. The molecule has 0 aromatic heterocycles. The number of carbonyl (C=O) groups excluding carboxylic acids is 2. The van der Waals surface area contributed by atoms with Crippen molar-refractivity contribution in [3.05, 3.63) is 24.3 Å². The van der Waals surface area contributed by atoms with Gasteiger partial charge in [-0.2, -0.15) is 0 Å². The summed E-state index contributed by atoms with van der Waals surface area (Å²) in [7, 11) is 0. The molecular formula is C21H32N4O3. The summed E-state index contributed by atoms with van der Waals surface area (Å²) in [6.07, 6.45) is 1.95. The van der Waals surface area contributed by atoms with Gasteiger partial charge in [-0.3, -0.25) is 4.79 Å². The fourth-order valence-electron chi connectivity index (χ4n) is 3.76. The second kappa shape index (κ2) is 8.39. The van der Waals surface area contributed by atoms with Crippen molar-refractivity contribution >= 4 is 23.4 Å². The van der Waals surface area contributed by atoms with E-state index in [2.05, 4.69) is 5.32 Å². The number of para-hydroxylation sites is 2. The Balaban J connectivity index is 1.60. The Bertz CT molecular complexity index is 708. The lowest BCUT2D eigenvalue weighted by molar-refractivity contribution is -0.117. The van der Waals surface area contributed by atoms with E-state index in [4.69, 9.17) is 10.5 Å². The molecule has 28 heavy (non-hydrogen) atoms. The van der Waals surface area contributed by atoms with Gasteiger partial charge < -0.3 is 25.6 Å². The van der Waals surface area contributed by atoms with Gasteiger partial charge in [0.05, 0.1) is 11.4 Å². The van der Waals surface area contributed by atoms with Crippen molar-refractivity contribution < 1.29 is 14.3 Å². The molecule has 3 N–H and O–H groups in total. The molecule has 0 saturated carbocycles. The zero-order valence-electron chi connectivity index (χ0n) is 17.1. The quantitative estimate of drug-likeness (QED) is 0.828. The van der Waals surface area contributed by atoms with Crippen LogP contribution in [0.3, 0.4) is 0 Å². The highest BCUT2D eigenvalue weighted by atomic mass is 16.6. The summed E-state index contributed by atoms with van der Waals surface area (Å²) < 4.78 is 5.46. The number of carbonyl (C=O) groups is 2. The zero-order valence-corrected chi connectivity index (χ0v) is 17.1. The first-order valence-electron chi connectivity index (χ1n) is 10.1. The molecule has 2 fully saturated rings. The molecule has 1 atom stereocenters. The van der Waals surface area contributed by atoms with Crippen molar-refractivity contribution in [3.8, 4) is 0 Å². The summed E-state index contributed by atoms with van der Waals surface area (Å²) in [5, 5.41) is 3.58. The smallest absolute Gasteiger partial charge is 0.410 e. The molecule has 0 spiro atoms. The van der Waals surface area contributed by atoms with Crippen molar-refractivity contribution in [2.75, 3.05) is 36.4 Å². The van der Waals surface area contributed by atoms with Gasteiger partial charge in [0.15, 0.2) is 0 Å². The van der Waals surface area contributed by atoms with Crippen molar-refractivity contribution in [1.29, 1.82) is 0 Å². The van der Waals surface area contributed by atoms with Crippen LogP contribution in [0.15, 0.2) is 24.3 Å². The lowest BCUT2D eigenvalue weighted by Gasteiger charge is -2.34. The molecule has 1 unspecified atom stereocenters. The molecule has 7 heteroatoms. The summed E-state index contributed by atoms with van der Waals surface area (Å²) in [5.41, 5.74) is 7.16. The van der Waals surface area contributed by atoms with E-state index in [9.17, 15) is 9.59 Å². The number of likely N-dealkylation sites (tertiary alicyclic amines) is 1. The standard InChI is InChI=1S/C21H32N4O3/c1-21(2,3)28-20(27)24-10-8-16(9-11-24)23-17-6-4-5-7-18(17)25-14-15(13-22)12-19(25)26/h4-7,15-16,23H,8-14,22H2,1-3H3. The molecule has 2 saturated heterocycles. The number of nitrogens with one attached hydrogen (secondary N) is 1. The van der Waals surface area contributed by atoms with Crippen molar-refractivity contribution in [2.24, 2.45) is 11.7 Å². The topological polar surface area (TPSA) is 87.9 Å². The number of hydrogen-bond acceptors (Lipinski definition) is 5. The molecule has 0 radical (unpaired) electrons. The Morgan fingerprint density at radius 3 is 2.54 bits per heavy atom. The first kappa shape index (κ1) is 20.5. The summed E-state index contributed by atoms with van der Waals surface area (Å²) >= 11 is 0. The fourth-order valence-corrected chi connectivity index (χ4v) is 3.76. The number of ether oxygens (including phenoxy) is 1. The van der Waals surface area contributed by atoms with Gasteiger partial charge in [0.2, 0.25) is 5.91 Å². The SMILES string of the molecule is CC(C)(C)OC(=O)N1CCC(Nc2ccccc2N2CC(CN)CC2=O)CC1. The molecule has 2 amide bonds. The van der Waals surface area contributed by atoms with Crippen molar-refractivity contribution in [1.82, 2.24) is 4.90 Å². The normalized spacial score (nSPS) is 21.1. The molecule has 0 aliphatic carbocycles. The number of nitrogens with zero attached hydrogens (tertiary/aromatic N) is 2. The highest BCUT2D eigenvalue weighted by molar-refractivity contribution is 5.98. The van der Waals surface area contributed by atoms with E-state index in [1.165, 1.54) is 0 Å². The van der Waals surface area contributed by atoms with E-state index >= 15 is 0 Å².